The van der Waals surface area contributed by atoms with Gasteiger partial charge >= 0.3 is 0 Å². The molecule has 3 rings (SSSR count). The molecule has 116 valence electrons. The number of anilines is 1. The van der Waals surface area contributed by atoms with E-state index in [1.165, 1.54) is 49.9 Å². The number of aryl methyl sites for hydroxylation is 1. The van der Waals surface area contributed by atoms with Crippen molar-refractivity contribution >= 4 is 5.69 Å². The minimum absolute atomic E-state index is 0.568. The average molecular weight is 288 g/mol. The minimum atomic E-state index is 0.568. The summed E-state index contributed by atoms with van der Waals surface area (Å²) in [4.78, 5) is 2.60. The fraction of sp³-hybridized carbons (Fsp3) is 0.667. The molecule has 3 heteroatoms. The number of nitrogens with zero attached hydrogens (tertiary/aromatic N) is 1. The Kier molecular flexibility index (Phi) is 4.69. The lowest BCUT2D eigenvalue weighted by Gasteiger charge is -2.38. The predicted octanol–water partition coefficient (Wildman–Crippen LogP) is 3.69. The summed E-state index contributed by atoms with van der Waals surface area (Å²) in [7, 11) is 0. The maximum atomic E-state index is 6.22. The minimum Gasteiger partial charge on any atom is -0.490 e. The van der Waals surface area contributed by atoms with Crippen molar-refractivity contribution < 1.29 is 4.74 Å². The SMILES string of the molecule is CC(C)N1CCCCC1COc1cccc2c1NCCC2. The topological polar surface area (TPSA) is 24.5 Å². The number of rotatable bonds is 4. The maximum absolute atomic E-state index is 6.22. The summed E-state index contributed by atoms with van der Waals surface area (Å²) in [6, 6.07) is 7.64. The normalized spacial score (nSPS) is 22.7. The van der Waals surface area contributed by atoms with Crippen LogP contribution >= 0.6 is 0 Å². The number of fused-ring (bicyclic) bond motifs is 1. The van der Waals surface area contributed by atoms with Crippen molar-refractivity contribution in [1.29, 1.82) is 0 Å². The molecule has 0 bridgehead atoms. The van der Waals surface area contributed by atoms with E-state index in [9.17, 15) is 0 Å². The van der Waals surface area contributed by atoms with Gasteiger partial charge in [0.05, 0.1) is 5.69 Å². The number of benzene rings is 1. The molecule has 0 amide bonds. The van der Waals surface area contributed by atoms with Crippen LogP contribution in [-0.2, 0) is 6.42 Å². The Morgan fingerprint density at radius 1 is 1.29 bits per heavy atom. The molecule has 3 nitrogen and oxygen atoms in total. The molecule has 1 N–H and O–H groups in total. The Morgan fingerprint density at radius 3 is 3.05 bits per heavy atom. The number of likely N-dealkylation sites (tertiary alicyclic amines) is 1. The van der Waals surface area contributed by atoms with E-state index >= 15 is 0 Å². The standard InChI is InChI=1S/C18H28N2O/c1-14(2)20-12-4-3-9-16(20)13-21-17-10-5-7-15-8-6-11-19-18(15)17/h5,7,10,14,16,19H,3-4,6,8-9,11-13H2,1-2H3. The second-order valence-corrected chi connectivity index (χ2v) is 6.61. The predicted molar refractivity (Wildman–Crippen MR) is 88.2 cm³/mol. The van der Waals surface area contributed by atoms with Crippen LogP contribution in [-0.4, -0.2) is 36.7 Å². The van der Waals surface area contributed by atoms with Crippen molar-refractivity contribution in [2.24, 2.45) is 0 Å². The van der Waals surface area contributed by atoms with Crippen molar-refractivity contribution in [1.82, 2.24) is 4.90 Å². The fourth-order valence-electron chi connectivity index (χ4n) is 3.67. The molecule has 2 heterocycles. The van der Waals surface area contributed by atoms with E-state index in [2.05, 4.69) is 42.3 Å². The smallest absolute Gasteiger partial charge is 0.142 e. The second-order valence-electron chi connectivity index (χ2n) is 6.61. The van der Waals surface area contributed by atoms with Crippen LogP contribution in [0.4, 0.5) is 5.69 Å². The third-order valence-electron chi connectivity index (χ3n) is 4.80. The largest absolute Gasteiger partial charge is 0.490 e. The molecule has 21 heavy (non-hydrogen) atoms. The van der Waals surface area contributed by atoms with Crippen molar-refractivity contribution in [3.63, 3.8) is 0 Å². The van der Waals surface area contributed by atoms with Gasteiger partial charge < -0.3 is 10.1 Å². The highest BCUT2D eigenvalue weighted by Crippen LogP contribution is 2.32. The van der Waals surface area contributed by atoms with Gasteiger partial charge in [-0.3, -0.25) is 4.90 Å². The number of hydrogen-bond acceptors (Lipinski definition) is 3. The van der Waals surface area contributed by atoms with Crippen LogP contribution < -0.4 is 10.1 Å². The molecule has 0 aromatic heterocycles. The van der Waals surface area contributed by atoms with Crippen molar-refractivity contribution in [3.05, 3.63) is 23.8 Å². The molecule has 1 fully saturated rings. The molecule has 1 atom stereocenters. The summed E-state index contributed by atoms with van der Waals surface area (Å²) >= 11 is 0. The van der Waals surface area contributed by atoms with Crippen LogP contribution in [0.1, 0.15) is 45.1 Å². The number of hydrogen-bond donors (Lipinski definition) is 1. The first-order valence-corrected chi connectivity index (χ1v) is 8.50. The van der Waals surface area contributed by atoms with E-state index in [0.29, 0.717) is 12.1 Å². The lowest BCUT2D eigenvalue weighted by atomic mass is 10.0. The first-order chi connectivity index (χ1) is 10.3. The van der Waals surface area contributed by atoms with E-state index < -0.39 is 0 Å². The second kappa shape index (κ2) is 6.69. The van der Waals surface area contributed by atoms with Crippen LogP contribution in [0.3, 0.4) is 0 Å². The highest BCUT2D eigenvalue weighted by atomic mass is 16.5. The zero-order chi connectivity index (χ0) is 14.7. The van der Waals surface area contributed by atoms with E-state index in [1.807, 2.05) is 0 Å². The van der Waals surface area contributed by atoms with Crippen LogP contribution in [0, 0.1) is 0 Å². The lowest BCUT2D eigenvalue weighted by Crippen LogP contribution is -2.46. The summed E-state index contributed by atoms with van der Waals surface area (Å²) in [6.07, 6.45) is 6.32. The van der Waals surface area contributed by atoms with Crippen molar-refractivity contribution in [2.45, 2.75) is 58.0 Å². The summed E-state index contributed by atoms with van der Waals surface area (Å²) in [5.74, 6) is 1.04. The summed E-state index contributed by atoms with van der Waals surface area (Å²) in [5.41, 5.74) is 2.64. The van der Waals surface area contributed by atoms with Gasteiger partial charge in [-0.25, -0.2) is 0 Å². The van der Waals surface area contributed by atoms with E-state index in [0.717, 1.165) is 18.9 Å². The molecule has 2 aliphatic rings. The zero-order valence-corrected chi connectivity index (χ0v) is 13.4. The summed E-state index contributed by atoms with van der Waals surface area (Å²) in [5, 5.41) is 3.51. The van der Waals surface area contributed by atoms with Gasteiger partial charge in [-0.2, -0.15) is 0 Å². The van der Waals surface area contributed by atoms with Crippen molar-refractivity contribution in [3.8, 4) is 5.75 Å². The Balaban J connectivity index is 1.67. The molecule has 0 spiro atoms. The highest BCUT2D eigenvalue weighted by Gasteiger charge is 2.25. The quantitative estimate of drug-likeness (QED) is 0.914. The summed E-state index contributed by atoms with van der Waals surface area (Å²) < 4.78 is 6.22. The Labute approximate surface area is 128 Å². The molecule has 1 unspecified atom stereocenters. The van der Waals surface area contributed by atoms with Gasteiger partial charge in [-0.15, -0.1) is 0 Å². The van der Waals surface area contributed by atoms with Crippen molar-refractivity contribution in [2.75, 3.05) is 25.0 Å². The number of nitrogens with one attached hydrogen (secondary N) is 1. The van der Waals surface area contributed by atoms with Gasteiger partial charge in [0.15, 0.2) is 0 Å². The number of piperidine rings is 1. The highest BCUT2D eigenvalue weighted by molar-refractivity contribution is 5.63. The maximum Gasteiger partial charge on any atom is 0.142 e. The van der Waals surface area contributed by atoms with Gasteiger partial charge in [0, 0.05) is 18.6 Å². The Bertz CT molecular complexity index is 472. The average Bonchev–Trinajstić information content (AvgIpc) is 2.53. The first kappa shape index (κ1) is 14.7. The fourth-order valence-corrected chi connectivity index (χ4v) is 3.67. The molecular formula is C18H28N2O. The lowest BCUT2D eigenvalue weighted by molar-refractivity contribution is 0.0735. The zero-order valence-electron chi connectivity index (χ0n) is 13.4. The van der Waals surface area contributed by atoms with Gasteiger partial charge in [0.25, 0.3) is 0 Å². The Hall–Kier alpha value is -1.22. The van der Waals surface area contributed by atoms with Gasteiger partial charge in [-0.1, -0.05) is 18.6 Å². The van der Waals surface area contributed by atoms with Crippen LogP contribution in [0.2, 0.25) is 0 Å². The molecule has 1 aromatic rings. The molecule has 1 aromatic carbocycles. The molecular weight excluding hydrogens is 260 g/mol. The van der Waals surface area contributed by atoms with Gasteiger partial charge in [-0.05, 0) is 57.7 Å². The number of para-hydroxylation sites is 1. The van der Waals surface area contributed by atoms with Crippen LogP contribution in [0.5, 0.6) is 5.75 Å². The van der Waals surface area contributed by atoms with E-state index in [4.69, 9.17) is 4.74 Å². The molecule has 0 radical (unpaired) electrons. The monoisotopic (exact) mass is 288 g/mol. The molecule has 0 aliphatic carbocycles. The molecule has 2 aliphatic heterocycles. The van der Waals surface area contributed by atoms with Gasteiger partial charge in [0.2, 0.25) is 0 Å². The summed E-state index contributed by atoms with van der Waals surface area (Å²) in [6.45, 7) is 7.69. The first-order valence-electron chi connectivity index (χ1n) is 8.50. The molecule has 1 saturated heterocycles. The van der Waals surface area contributed by atoms with Crippen LogP contribution in [0.25, 0.3) is 0 Å². The van der Waals surface area contributed by atoms with E-state index in [-0.39, 0.29) is 0 Å². The third kappa shape index (κ3) is 3.34. The Morgan fingerprint density at radius 2 is 2.19 bits per heavy atom. The third-order valence-corrected chi connectivity index (χ3v) is 4.80. The van der Waals surface area contributed by atoms with E-state index in [1.54, 1.807) is 0 Å². The molecule has 0 saturated carbocycles. The number of ether oxygens (including phenoxy) is 1. The van der Waals surface area contributed by atoms with Gasteiger partial charge in [0.1, 0.15) is 12.4 Å². The van der Waals surface area contributed by atoms with Crippen LogP contribution in [0.15, 0.2) is 18.2 Å².